The average molecular weight is 124 g/mol. The van der Waals surface area contributed by atoms with Gasteiger partial charge in [0.25, 0.3) is 0 Å². The Balaban J connectivity index is 2.28. The van der Waals surface area contributed by atoms with Gasteiger partial charge in [0.1, 0.15) is 0 Å². The van der Waals surface area contributed by atoms with E-state index in [2.05, 4.69) is 19.6 Å². The molecule has 0 nitrogen and oxygen atoms in total. The second-order valence-corrected chi connectivity index (χ2v) is 3.08. The Morgan fingerprint density at radius 1 is 1.56 bits per heavy atom. The summed E-state index contributed by atoms with van der Waals surface area (Å²) in [4.78, 5) is 0. The van der Waals surface area contributed by atoms with Gasteiger partial charge in [-0.15, -0.1) is 6.58 Å². The molecule has 0 heteroatoms. The van der Waals surface area contributed by atoms with Crippen LogP contribution in [0.5, 0.6) is 0 Å². The van der Waals surface area contributed by atoms with Crippen LogP contribution in [0.4, 0.5) is 0 Å². The maximum absolute atomic E-state index is 3.81. The fourth-order valence-electron chi connectivity index (χ4n) is 1.70. The van der Waals surface area contributed by atoms with E-state index in [1.54, 1.807) is 0 Å². The minimum absolute atomic E-state index is 0.843. The molecule has 0 radical (unpaired) electrons. The van der Waals surface area contributed by atoms with Crippen molar-refractivity contribution in [1.29, 1.82) is 0 Å². The molecule has 2 atom stereocenters. The topological polar surface area (TPSA) is 0 Å². The summed E-state index contributed by atoms with van der Waals surface area (Å²) in [6.07, 6.45) is 7.72. The van der Waals surface area contributed by atoms with Crippen molar-refractivity contribution in [3.8, 4) is 0 Å². The summed E-state index contributed by atoms with van der Waals surface area (Å²) in [7, 11) is 0. The van der Waals surface area contributed by atoms with Crippen LogP contribution in [-0.4, -0.2) is 0 Å². The third kappa shape index (κ3) is 1.57. The molecule has 0 aliphatic heterocycles. The Morgan fingerprint density at radius 2 is 2.33 bits per heavy atom. The van der Waals surface area contributed by atoms with Gasteiger partial charge in [-0.05, 0) is 31.1 Å². The van der Waals surface area contributed by atoms with Gasteiger partial charge < -0.3 is 0 Å². The van der Waals surface area contributed by atoms with Crippen LogP contribution in [0.15, 0.2) is 12.7 Å². The van der Waals surface area contributed by atoms with Crippen molar-refractivity contribution in [3.63, 3.8) is 0 Å². The number of allylic oxidation sites excluding steroid dienone is 1. The van der Waals surface area contributed by atoms with Crippen molar-refractivity contribution in [1.82, 2.24) is 0 Å². The van der Waals surface area contributed by atoms with Gasteiger partial charge in [-0.1, -0.05) is 19.4 Å². The molecule has 1 rings (SSSR count). The molecule has 0 aromatic heterocycles. The van der Waals surface area contributed by atoms with Gasteiger partial charge in [-0.2, -0.15) is 0 Å². The first kappa shape index (κ1) is 6.85. The van der Waals surface area contributed by atoms with Gasteiger partial charge >= 0.3 is 0 Å². The predicted molar refractivity (Wildman–Crippen MR) is 41.3 cm³/mol. The van der Waals surface area contributed by atoms with Crippen LogP contribution in [-0.2, 0) is 0 Å². The van der Waals surface area contributed by atoms with Gasteiger partial charge in [-0.3, -0.25) is 0 Å². The molecule has 0 saturated heterocycles. The highest BCUT2D eigenvalue weighted by molar-refractivity contribution is 4.86. The smallest absolute Gasteiger partial charge is 0.0233 e. The Hall–Kier alpha value is -0.260. The molecule has 0 spiro atoms. The number of rotatable bonds is 2. The first-order valence-electron chi connectivity index (χ1n) is 3.99. The van der Waals surface area contributed by atoms with E-state index in [0.29, 0.717) is 0 Å². The molecular formula is C9H16. The lowest BCUT2D eigenvalue weighted by atomic mass is 10.0. The first-order chi connectivity index (χ1) is 4.36. The van der Waals surface area contributed by atoms with Crippen LogP contribution in [0.2, 0.25) is 0 Å². The molecule has 0 bridgehead atoms. The third-order valence-corrected chi connectivity index (χ3v) is 2.49. The molecule has 0 unspecified atom stereocenters. The zero-order chi connectivity index (χ0) is 6.69. The first-order valence-corrected chi connectivity index (χ1v) is 3.99. The van der Waals surface area contributed by atoms with E-state index < -0.39 is 0 Å². The molecular weight excluding hydrogens is 108 g/mol. The second-order valence-electron chi connectivity index (χ2n) is 3.08. The van der Waals surface area contributed by atoms with Crippen LogP contribution in [0.1, 0.15) is 32.6 Å². The fraction of sp³-hybridized carbons (Fsp3) is 0.778. The summed E-state index contributed by atoms with van der Waals surface area (Å²) in [6.45, 7) is 6.10. The van der Waals surface area contributed by atoms with Gasteiger partial charge in [0.05, 0.1) is 0 Å². The normalized spacial score (nSPS) is 34.8. The van der Waals surface area contributed by atoms with Crippen LogP contribution >= 0.6 is 0 Å². The lowest BCUT2D eigenvalue weighted by molar-refractivity contribution is 0.515. The van der Waals surface area contributed by atoms with Crippen molar-refractivity contribution in [3.05, 3.63) is 12.7 Å². The summed E-state index contributed by atoms with van der Waals surface area (Å²) in [5.74, 6) is 1.85. The van der Waals surface area contributed by atoms with E-state index in [9.17, 15) is 0 Å². The molecule has 1 aliphatic rings. The number of hydrogen-bond donors (Lipinski definition) is 0. The van der Waals surface area contributed by atoms with E-state index in [-0.39, 0.29) is 0 Å². The highest BCUT2D eigenvalue weighted by Gasteiger charge is 2.19. The number of hydrogen-bond acceptors (Lipinski definition) is 0. The van der Waals surface area contributed by atoms with Crippen molar-refractivity contribution in [2.45, 2.75) is 32.6 Å². The van der Waals surface area contributed by atoms with Crippen molar-refractivity contribution >= 4 is 0 Å². The average Bonchev–Trinajstić information content (AvgIpc) is 2.34. The zero-order valence-electron chi connectivity index (χ0n) is 6.27. The Morgan fingerprint density at radius 3 is 2.67 bits per heavy atom. The van der Waals surface area contributed by atoms with E-state index in [1.807, 2.05) is 0 Å². The molecule has 0 aromatic rings. The summed E-state index contributed by atoms with van der Waals surface area (Å²) in [5.41, 5.74) is 0. The SMILES string of the molecule is C=C[C@@H]1CC[C@@H](CC)C1. The predicted octanol–water partition coefficient (Wildman–Crippen LogP) is 3.00. The van der Waals surface area contributed by atoms with Crippen molar-refractivity contribution in [2.75, 3.05) is 0 Å². The Kier molecular flexibility index (Phi) is 2.32. The van der Waals surface area contributed by atoms with E-state index >= 15 is 0 Å². The fourth-order valence-corrected chi connectivity index (χ4v) is 1.70. The molecule has 9 heavy (non-hydrogen) atoms. The highest BCUT2D eigenvalue weighted by Crippen LogP contribution is 2.32. The lowest BCUT2D eigenvalue weighted by Crippen LogP contribution is -1.90. The Bertz CT molecular complexity index is 94.2. The van der Waals surface area contributed by atoms with E-state index in [4.69, 9.17) is 0 Å². The van der Waals surface area contributed by atoms with Crippen molar-refractivity contribution in [2.24, 2.45) is 11.8 Å². The zero-order valence-corrected chi connectivity index (χ0v) is 6.27. The maximum Gasteiger partial charge on any atom is -0.0233 e. The molecule has 0 aromatic carbocycles. The standard InChI is InChI=1S/C9H16/c1-3-8-5-6-9(4-2)7-8/h3,8-9H,1,4-7H2,2H3/t8-,9-/m1/s1. The molecule has 52 valence electrons. The molecule has 0 heterocycles. The van der Waals surface area contributed by atoms with Crippen molar-refractivity contribution < 1.29 is 0 Å². The minimum atomic E-state index is 0.843. The highest BCUT2D eigenvalue weighted by atomic mass is 14.2. The molecule has 1 aliphatic carbocycles. The molecule has 1 saturated carbocycles. The van der Waals surface area contributed by atoms with E-state index in [1.165, 1.54) is 25.7 Å². The lowest BCUT2D eigenvalue weighted by Gasteiger charge is -2.02. The summed E-state index contributed by atoms with van der Waals surface area (Å²) in [6, 6.07) is 0. The van der Waals surface area contributed by atoms with Gasteiger partial charge in [0.15, 0.2) is 0 Å². The summed E-state index contributed by atoms with van der Waals surface area (Å²) in [5, 5.41) is 0. The van der Waals surface area contributed by atoms with Gasteiger partial charge in [0.2, 0.25) is 0 Å². The van der Waals surface area contributed by atoms with Gasteiger partial charge in [-0.25, -0.2) is 0 Å². The minimum Gasteiger partial charge on any atom is -0.103 e. The molecule has 1 fully saturated rings. The maximum atomic E-state index is 3.81. The van der Waals surface area contributed by atoms with Gasteiger partial charge in [0, 0.05) is 0 Å². The van der Waals surface area contributed by atoms with Crippen LogP contribution in [0.3, 0.4) is 0 Å². The summed E-state index contributed by atoms with van der Waals surface area (Å²) < 4.78 is 0. The van der Waals surface area contributed by atoms with Crippen LogP contribution in [0, 0.1) is 11.8 Å². The van der Waals surface area contributed by atoms with Crippen LogP contribution in [0.25, 0.3) is 0 Å². The monoisotopic (exact) mass is 124 g/mol. The summed E-state index contributed by atoms with van der Waals surface area (Å²) >= 11 is 0. The molecule has 0 amide bonds. The quantitative estimate of drug-likeness (QED) is 0.496. The largest absolute Gasteiger partial charge is 0.103 e. The van der Waals surface area contributed by atoms with Crippen LogP contribution < -0.4 is 0 Å². The second kappa shape index (κ2) is 3.05. The van der Waals surface area contributed by atoms with E-state index in [0.717, 1.165) is 11.8 Å². The Labute approximate surface area is 58.0 Å². The molecule has 0 N–H and O–H groups in total. The third-order valence-electron chi connectivity index (χ3n) is 2.49.